The molecule has 0 spiro atoms. The highest BCUT2D eigenvalue weighted by molar-refractivity contribution is 5.87. The predicted octanol–water partition coefficient (Wildman–Crippen LogP) is 1.13. The van der Waals surface area contributed by atoms with E-state index in [1.165, 1.54) is 12.1 Å². The van der Waals surface area contributed by atoms with Gasteiger partial charge in [0.25, 0.3) is 0 Å². The monoisotopic (exact) mass is 250 g/mol. The molecule has 0 bridgehead atoms. The number of rotatable bonds is 6. The minimum Gasteiger partial charge on any atom is -0.478 e. The van der Waals surface area contributed by atoms with Gasteiger partial charge in [-0.15, -0.1) is 0 Å². The van der Waals surface area contributed by atoms with Crippen LogP contribution in [0.2, 0.25) is 0 Å². The minimum atomic E-state index is -0.959. The standard InChI is InChI=1S/C13H18N2O3/c1-2-11(14)7-12(16)15-8-9-3-5-10(6-4-9)13(17)18/h3-6,11H,2,7-8,14H2,1H3,(H,15,16)(H,17,18). The van der Waals surface area contributed by atoms with Crippen LogP contribution in [0.1, 0.15) is 35.7 Å². The number of benzene rings is 1. The lowest BCUT2D eigenvalue weighted by Crippen LogP contribution is -2.30. The van der Waals surface area contributed by atoms with Gasteiger partial charge in [0.15, 0.2) is 0 Å². The lowest BCUT2D eigenvalue weighted by molar-refractivity contribution is -0.121. The molecule has 5 heteroatoms. The van der Waals surface area contributed by atoms with Gasteiger partial charge in [0.2, 0.25) is 5.91 Å². The van der Waals surface area contributed by atoms with Crippen LogP contribution < -0.4 is 11.1 Å². The van der Waals surface area contributed by atoms with Crippen molar-refractivity contribution in [3.05, 3.63) is 35.4 Å². The lowest BCUT2D eigenvalue weighted by Gasteiger charge is -2.09. The first-order valence-electron chi connectivity index (χ1n) is 5.87. The first kappa shape index (κ1) is 14.2. The molecule has 0 radical (unpaired) electrons. The van der Waals surface area contributed by atoms with Crippen molar-refractivity contribution >= 4 is 11.9 Å². The average Bonchev–Trinajstić information content (AvgIpc) is 2.36. The molecule has 0 saturated carbocycles. The highest BCUT2D eigenvalue weighted by Gasteiger charge is 2.07. The minimum absolute atomic E-state index is 0.0911. The molecule has 1 rings (SSSR count). The largest absolute Gasteiger partial charge is 0.478 e. The molecule has 18 heavy (non-hydrogen) atoms. The number of nitrogens with two attached hydrogens (primary N) is 1. The SMILES string of the molecule is CCC(N)CC(=O)NCc1ccc(C(=O)O)cc1. The van der Waals surface area contributed by atoms with E-state index in [0.29, 0.717) is 13.0 Å². The first-order chi connectivity index (χ1) is 8.52. The molecule has 0 aliphatic heterocycles. The van der Waals surface area contributed by atoms with Crippen LogP contribution in [-0.4, -0.2) is 23.0 Å². The first-order valence-corrected chi connectivity index (χ1v) is 5.87. The van der Waals surface area contributed by atoms with Crippen LogP contribution in [0.3, 0.4) is 0 Å². The van der Waals surface area contributed by atoms with Crippen LogP contribution in [0.15, 0.2) is 24.3 Å². The Labute approximate surface area is 106 Å². The molecule has 0 aliphatic rings. The van der Waals surface area contributed by atoms with E-state index in [9.17, 15) is 9.59 Å². The summed E-state index contributed by atoms with van der Waals surface area (Å²) in [7, 11) is 0. The summed E-state index contributed by atoms with van der Waals surface area (Å²) >= 11 is 0. The van der Waals surface area contributed by atoms with Gasteiger partial charge < -0.3 is 16.2 Å². The fourth-order valence-electron chi connectivity index (χ4n) is 1.42. The second-order valence-corrected chi connectivity index (χ2v) is 4.15. The van der Waals surface area contributed by atoms with Crippen LogP contribution in [0.25, 0.3) is 0 Å². The molecule has 4 N–H and O–H groups in total. The Morgan fingerprint density at radius 2 is 1.94 bits per heavy atom. The number of aromatic carboxylic acids is 1. The van der Waals surface area contributed by atoms with E-state index in [1.54, 1.807) is 12.1 Å². The number of carboxylic acid groups (broad SMARTS) is 1. The fourth-order valence-corrected chi connectivity index (χ4v) is 1.42. The van der Waals surface area contributed by atoms with Crippen molar-refractivity contribution in [2.24, 2.45) is 5.73 Å². The second kappa shape index (κ2) is 6.76. The van der Waals surface area contributed by atoms with Crippen molar-refractivity contribution < 1.29 is 14.7 Å². The molecule has 1 aromatic carbocycles. The van der Waals surface area contributed by atoms with Gasteiger partial charge in [0.1, 0.15) is 0 Å². The van der Waals surface area contributed by atoms with E-state index in [-0.39, 0.29) is 17.5 Å². The van der Waals surface area contributed by atoms with E-state index < -0.39 is 5.97 Å². The van der Waals surface area contributed by atoms with Crippen LogP contribution in [0, 0.1) is 0 Å². The van der Waals surface area contributed by atoms with Gasteiger partial charge in [-0.3, -0.25) is 4.79 Å². The molecule has 1 amide bonds. The number of nitrogens with one attached hydrogen (secondary N) is 1. The van der Waals surface area contributed by atoms with Gasteiger partial charge in [-0.1, -0.05) is 19.1 Å². The van der Waals surface area contributed by atoms with Gasteiger partial charge in [-0.2, -0.15) is 0 Å². The molecule has 0 saturated heterocycles. The summed E-state index contributed by atoms with van der Waals surface area (Å²) in [6.07, 6.45) is 1.07. The maximum absolute atomic E-state index is 11.5. The molecule has 1 unspecified atom stereocenters. The molecule has 1 atom stereocenters. The molecule has 0 aromatic heterocycles. The molecule has 0 heterocycles. The zero-order chi connectivity index (χ0) is 13.5. The molecule has 1 aromatic rings. The molecular formula is C13H18N2O3. The summed E-state index contributed by atoms with van der Waals surface area (Å²) in [6.45, 7) is 2.32. The number of hydrogen-bond acceptors (Lipinski definition) is 3. The van der Waals surface area contributed by atoms with E-state index >= 15 is 0 Å². The summed E-state index contributed by atoms with van der Waals surface area (Å²) in [5.41, 5.74) is 6.76. The Balaban J connectivity index is 2.44. The van der Waals surface area contributed by atoms with Crippen LogP contribution in [0.4, 0.5) is 0 Å². The summed E-state index contributed by atoms with van der Waals surface area (Å²) < 4.78 is 0. The highest BCUT2D eigenvalue weighted by atomic mass is 16.4. The normalized spacial score (nSPS) is 11.9. The third-order valence-electron chi connectivity index (χ3n) is 2.66. The highest BCUT2D eigenvalue weighted by Crippen LogP contribution is 2.04. The fraction of sp³-hybridized carbons (Fsp3) is 0.385. The van der Waals surface area contributed by atoms with Gasteiger partial charge in [-0.25, -0.2) is 4.79 Å². The summed E-state index contributed by atoms with van der Waals surface area (Å²) in [5, 5.41) is 11.5. The predicted molar refractivity (Wildman–Crippen MR) is 68.1 cm³/mol. The summed E-state index contributed by atoms with van der Waals surface area (Å²) in [5.74, 6) is -1.05. The number of carboxylic acids is 1. The average molecular weight is 250 g/mol. The smallest absolute Gasteiger partial charge is 0.335 e. The lowest BCUT2D eigenvalue weighted by atomic mass is 10.1. The van der Waals surface area contributed by atoms with Crippen molar-refractivity contribution in [2.45, 2.75) is 32.4 Å². The van der Waals surface area contributed by atoms with E-state index in [1.807, 2.05) is 6.92 Å². The summed E-state index contributed by atoms with van der Waals surface area (Å²) in [6, 6.07) is 6.29. The Kier molecular flexibility index (Phi) is 5.32. The zero-order valence-corrected chi connectivity index (χ0v) is 10.3. The molecule has 98 valence electrons. The summed E-state index contributed by atoms with van der Waals surface area (Å²) in [4.78, 5) is 22.1. The van der Waals surface area contributed by atoms with Gasteiger partial charge in [0.05, 0.1) is 5.56 Å². The Morgan fingerprint density at radius 3 is 2.44 bits per heavy atom. The van der Waals surface area contributed by atoms with E-state index in [4.69, 9.17) is 10.8 Å². The quantitative estimate of drug-likeness (QED) is 0.705. The Bertz CT molecular complexity index is 415. The Morgan fingerprint density at radius 1 is 1.33 bits per heavy atom. The van der Waals surface area contributed by atoms with E-state index in [0.717, 1.165) is 12.0 Å². The van der Waals surface area contributed by atoms with Gasteiger partial charge in [-0.05, 0) is 24.1 Å². The van der Waals surface area contributed by atoms with E-state index in [2.05, 4.69) is 5.32 Å². The number of carbonyl (C=O) groups is 2. The molecule has 0 fully saturated rings. The maximum Gasteiger partial charge on any atom is 0.335 e. The van der Waals surface area contributed by atoms with Crippen molar-refractivity contribution in [1.82, 2.24) is 5.32 Å². The third-order valence-corrected chi connectivity index (χ3v) is 2.66. The third kappa shape index (κ3) is 4.55. The molecule has 5 nitrogen and oxygen atoms in total. The maximum atomic E-state index is 11.5. The molecular weight excluding hydrogens is 232 g/mol. The Hall–Kier alpha value is -1.88. The topological polar surface area (TPSA) is 92.4 Å². The van der Waals surface area contributed by atoms with Crippen LogP contribution in [0.5, 0.6) is 0 Å². The zero-order valence-electron chi connectivity index (χ0n) is 10.3. The van der Waals surface area contributed by atoms with Crippen LogP contribution >= 0.6 is 0 Å². The molecule has 0 aliphatic carbocycles. The number of hydrogen-bond donors (Lipinski definition) is 3. The van der Waals surface area contributed by atoms with Crippen LogP contribution in [-0.2, 0) is 11.3 Å². The van der Waals surface area contributed by atoms with Crippen molar-refractivity contribution in [3.63, 3.8) is 0 Å². The van der Waals surface area contributed by atoms with Crippen molar-refractivity contribution in [2.75, 3.05) is 0 Å². The van der Waals surface area contributed by atoms with Crippen molar-refractivity contribution in [3.8, 4) is 0 Å². The van der Waals surface area contributed by atoms with Crippen molar-refractivity contribution in [1.29, 1.82) is 0 Å². The number of amides is 1. The number of carbonyl (C=O) groups excluding carboxylic acids is 1. The van der Waals surface area contributed by atoms with Gasteiger partial charge in [0, 0.05) is 19.0 Å². The second-order valence-electron chi connectivity index (χ2n) is 4.15. The van der Waals surface area contributed by atoms with Gasteiger partial charge >= 0.3 is 5.97 Å².